The lowest BCUT2D eigenvalue weighted by Gasteiger charge is -2.29. The number of fused-ring (bicyclic) bond motifs is 3. The molecule has 77 heavy (non-hydrogen) atoms. The number of aliphatic carboxylic acids is 1. The van der Waals surface area contributed by atoms with Gasteiger partial charge in [0.2, 0.25) is 0 Å². The van der Waals surface area contributed by atoms with E-state index >= 15 is 0 Å². The number of nitro benzene ring substituents is 2. The second-order valence-corrected chi connectivity index (χ2v) is 18.6. The number of nitro groups is 2. The number of aryl methyl sites for hydroxylation is 4. The summed E-state index contributed by atoms with van der Waals surface area (Å²) in [5.74, 6) is -4.33. The average molecular weight is 1050 g/mol. The van der Waals surface area contributed by atoms with Crippen molar-refractivity contribution in [2.24, 2.45) is 17.8 Å². The third kappa shape index (κ3) is 13.8. The maximum Gasteiger partial charge on any atom is 0.315 e. The molecule has 6 atom stereocenters. The van der Waals surface area contributed by atoms with Crippen LogP contribution < -0.4 is 19.9 Å². The SMILES string of the molecule is CC1c2ccc(CCc3ccc([N+](=O)[O-])cc3C#N)cc2OC(=O)C1CC(=O)O.COC(=O)CC1C(=O)Oc2cc(CCc3ccc([N+](=O)[O-])cc3C#N)ccc2C1C.COC(=O)CC1C(=O)Oc2cc(N)ccc2C1C. The molecule has 3 N–H and O–H groups in total. The van der Waals surface area contributed by atoms with Gasteiger partial charge in [0.05, 0.1) is 84.3 Å². The summed E-state index contributed by atoms with van der Waals surface area (Å²) in [5, 5.41) is 49.3. The molecule has 21 nitrogen and oxygen atoms in total. The van der Waals surface area contributed by atoms with Gasteiger partial charge in [-0.2, -0.15) is 10.5 Å². The van der Waals surface area contributed by atoms with Crippen LogP contribution in [0.3, 0.4) is 0 Å². The van der Waals surface area contributed by atoms with Crippen molar-refractivity contribution in [1.82, 2.24) is 0 Å². The van der Waals surface area contributed by atoms with E-state index in [-0.39, 0.29) is 59.5 Å². The van der Waals surface area contributed by atoms with E-state index < -0.39 is 63.4 Å². The van der Waals surface area contributed by atoms with Crippen LogP contribution >= 0.6 is 0 Å². The summed E-state index contributed by atoms with van der Waals surface area (Å²) in [4.78, 5) is 90.9. The highest BCUT2D eigenvalue weighted by atomic mass is 16.6. The van der Waals surface area contributed by atoms with Gasteiger partial charge in [-0.1, -0.05) is 63.2 Å². The van der Waals surface area contributed by atoms with Gasteiger partial charge in [-0.3, -0.25) is 49.0 Å². The van der Waals surface area contributed by atoms with Crippen LogP contribution in [-0.2, 0) is 63.9 Å². The Morgan fingerprint density at radius 3 is 1.29 bits per heavy atom. The Morgan fingerprint density at radius 1 is 0.571 bits per heavy atom. The fourth-order valence-electron chi connectivity index (χ4n) is 9.28. The molecule has 398 valence electrons. The van der Waals surface area contributed by atoms with E-state index in [2.05, 4.69) is 9.47 Å². The molecular weight excluding hydrogens is 999 g/mol. The number of hydrogen-bond donors (Lipinski definition) is 2. The summed E-state index contributed by atoms with van der Waals surface area (Å²) in [6.45, 7) is 5.58. The smallest absolute Gasteiger partial charge is 0.315 e. The first-order valence-corrected chi connectivity index (χ1v) is 24.2. The van der Waals surface area contributed by atoms with Crippen molar-refractivity contribution in [2.45, 2.75) is 83.5 Å². The Kier molecular flexibility index (Phi) is 18.6. The molecule has 0 spiro atoms. The van der Waals surface area contributed by atoms with Gasteiger partial charge in [-0.05, 0) is 101 Å². The molecule has 21 heteroatoms. The number of methoxy groups -OCH3 is 2. The van der Waals surface area contributed by atoms with Crippen LogP contribution in [0.5, 0.6) is 17.2 Å². The topological polar surface area (TPSA) is 329 Å². The van der Waals surface area contributed by atoms with E-state index in [1.54, 1.807) is 36.4 Å². The number of nitrogens with zero attached hydrogens (tertiary/aromatic N) is 4. The Morgan fingerprint density at radius 2 is 0.935 bits per heavy atom. The number of nitrogen functional groups attached to an aromatic ring is 1. The van der Waals surface area contributed by atoms with Gasteiger partial charge in [0.15, 0.2) is 0 Å². The van der Waals surface area contributed by atoms with E-state index in [0.29, 0.717) is 59.7 Å². The molecule has 3 aliphatic heterocycles. The number of non-ortho nitro benzene ring substituents is 2. The Balaban J connectivity index is 0.000000193. The Bertz CT molecular complexity index is 3250. The normalized spacial score (nSPS) is 18.6. The lowest BCUT2D eigenvalue weighted by atomic mass is 9.82. The summed E-state index contributed by atoms with van der Waals surface area (Å²) in [6.07, 6.45) is 1.83. The molecule has 0 fully saturated rings. The number of benzene rings is 5. The van der Waals surface area contributed by atoms with Crippen LogP contribution in [0.4, 0.5) is 17.1 Å². The number of ether oxygens (including phenoxy) is 5. The van der Waals surface area contributed by atoms with Crippen LogP contribution in [0.1, 0.15) is 108 Å². The van der Waals surface area contributed by atoms with Gasteiger partial charge >= 0.3 is 35.8 Å². The zero-order valence-corrected chi connectivity index (χ0v) is 42.5. The minimum absolute atomic E-state index is 0.0281. The second-order valence-electron chi connectivity index (χ2n) is 18.6. The summed E-state index contributed by atoms with van der Waals surface area (Å²) >= 11 is 0. The van der Waals surface area contributed by atoms with Crippen molar-refractivity contribution >= 4 is 52.9 Å². The first kappa shape index (κ1) is 56.8. The van der Waals surface area contributed by atoms with Crippen LogP contribution in [-0.4, -0.2) is 65.0 Å². The number of rotatable bonds is 14. The number of anilines is 1. The lowest BCUT2D eigenvalue weighted by molar-refractivity contribution is -0.385. The number of carbonyl (C=O) groups excluding carboxylic acids is 5. The number of hydrogen-bond acceptors (Lipinski definition) is 18. The maximum absolute atomic E-state index is 12.4. The lowest BCUT2D eigenvalue weighted by Crippen LogP contribution is -2.32. The number of carbonyl (C=O) groups is 6. The third-order valence-electron chi connectivity index (χ3n) is 13.9. The van der Waals surface area contributed by atoms with Crippen LogP contribution in [0.25, 0.3) is 0 Å². The molecule has 0 saturated carbocycles. The van der Waals surface area contributed by atoms with E-state index in [0.717, 1.165) is 27.8 Å². The molecule has 0 aromatic heterocycles. The molecule has 0 bridgehead atoms. The van der Waals surface area contributed by atoms with Gasteiger partial charge in [-0.25, -0.2) is 0 Å². The molecule has 6 unspecified atom stereocenters. The van der Waals surface area contributed by atoms with Crippen molar-refractivity contribution in [3.05, 3.63) is 161 Å². The van der Waals surface area contributed by atoms with Crippen molar-refractivity contribution < 1.29 is 67.4 Å². The van der Waals surface area contributed by atoms with Gasteiger partial charge in [0.1, 0.15) is 17.2 Å². The van der Waals surface area contributed by atoms with Gasteiger partial charge in [0, 0.05) is 36.0 Å². The van der Waals surface area contributed by atoms with Gasteiger partial charge < -0.3 is 34.5 Å². The number of nitriles is 2. The van der Waals surface area contributed by atoms with E-state index in [1.165, 1.54) is 38.5 Å². The molecular formula is C56H53N5O16. The van der Waals surface area contributed by atoms with E-state index in [4.69, 9.17) is 25.1 Å². The van der Waals surface area contributed by atoms with Crippen molar-refractivity contribution in [2.75, 3.05) is 20.0 Å². The first-order valence-electron chi connectivity index (χ1n) is 24.2. The average Bonchev–Trinajstić information content (AvgIpc) is 3.41. The Labute approximate surface area is 441 Å². The molecule has 0 aliphatic carbocycles. The highest BCUT2D eigenvalue weighted by Crippen LogP contribution is 2.42. The van der Waals surface area contributed by atoms with Crippen molar-refractivity contribution in [3.8, 4) is 29.4 Å². The minimum Gasteiger partial charge on any atom is -0.481 e. The highest BCUT2D eigenvalue weighted by Gasteiger charge is 2.39. The third-order valence-corrected chi connectivity index (χ3v) is 13.9. The number of nitrogens with two attached hydrogens (primary N) is 1. The number of carboxylic acid groups (broad SMARTS) is 1. The maximum atomic E-state index is 12.4. The zero-order valence-electron chi connectivity index (χ0n) is 42.5. The van der Waals surface area contributed by atoms with Crippen LogP contribution in [0.15, 0.2) is 91.0 Å². The van der Waals surface area contributed by atoms with Crippen LogP contribution in [0, 0.1) is 60.6 Å². The van der Waals surface area contributed by atoms with Crippen LogP contribution in [0.2, 0.25) is 0 Å². The minimum atomic E-state index is -1.05. The molecule has 3 heterocycles. The monoisotopic (exact) mass is 1050 g/mol. The molecule has 8 rings (SSSR count). The van der Waals surface area contributed by atoms with Crippen molar-refractivity contribution in [3.63, 3.8) is 0 Å². The van der Waals surface area contributed by atoms with E-state index in [1.807, 2.05) is 63.2 Å². The molecule has 0 radical (unpaired) electrons. The summed E-state index contributed by atoms with van der Waals surface area (Å²) in [7, 11) is 2.58. The van der Waals surface area contributed by atoms with Gasteiger partial charge in [0.25, 0.3) is 11.4 Å². The number of esters is 5. The number of carboxylic acids is 1. The molecule has 0 saturated heterocycles. The molecule has 5 aromatic carbocycles. The standard InChI is InChI=1S/C22H20N2O6.C21H18N2O6.C13H15NO4/c1-13-18-8-4-14(9-20(18)30-22(26)19(13)11-21(25)29-2)3-5-15-6-7-17(24(27)28)10-16(15)12-23;1-12-17-7-3-13(8-19(17)29-21(26)18(12)10-20(24)25)2-4-14-5-6-16(23(27)28)9-15(14)11-22;1-7-9-4-3-8(14)5-11(9)18-13(16)10(7)6-12(15)17-2/h4,6-10,13,19H,3,5,11H2,1-2H3;3,5-9,12,18H,2,4,10H2,1H3,(H,24,25);3-5,7,10H,6,14H2,1-2H3. The quantitative estimate of drug-likeness (QED) is 0.0347. The first-order chi connectivity index (χ1) is 36.7. The predicted molar refractivity (Wildman–Crippen MR) is 272 cm³/mol. The highest BCUT2D eigenvalue weighted by molar-refractivity contribution is 5.86. The fraction of sp³-hybridized carbons (Fsp3) is 0.321. The summed E-state index contributed by atoms with van der Waals surface area (Å²) < 4.78 is 25.3. The molecule has 0 amide bonds. The zero-order chi connectivity index (χ0) is 56.2. The fourth-order valence-corrected chi connectivity index (χ4v) is 9.28. The Hall–Kier alpha value is -9.50. The van der Waals surface area contributed by atoms with Gasteiger partial charge in [-0.15, -0.1) is 0 Å². The predicted octanol–water partition coefficient (Wildman–Crippen LogP) is 8.29. The van der Waals surface area contributed by atoms with E-state index in [9.17, 15) is 59.5 Å². The molecule has 3 aliphatic rings. The van der Waals surface area contributed by atoms with Crippen molar-refractivity contribution in [1.29, 1.82) is 10.5 Å². The molecule has 5 aromatic rings. The second kappa shape index (κ2) is 25.2. The summed E-state index contributed by atoms with van der Waals surface area (Å²) in [6, 6.07) is 28.7. The largest absolute Gasteiger partial charge is 0.481 e. The summed E-state index contributed by atoms with van der Waals surface area (Å²) in [5.41, 5.74) is 12.2.